The second-order valence-electron chi connectivity index (χ2n) is 4.43. The van der Waals surface area contributed by atoms with Crippen LogP contribution in [0.1, 0.15) is 19.3 Å². The number of rotatable bonds is 4. The number of benzene rings is 1. The lowest BCUT2D eigenvalue weighted by Gasteiger charge is -2.19. The lowest BCUT2D eigenvalue weighted by Crippen LogP contribution is -2.38. The third-order valence-corrected chi connectivity index (χ3v) is 5.85. The first-order valence-electron chi connectivity index (χ1n) is 5.87. The summed E-state index contributed by atoms with van der Waals surface area (Å²) in [4.78, 5) is 0.120. The van der Waals surface area contributed by atoms with Crippen LogP contribution in [0, 0.1) is 0 Å². The molecule has 100 valence electrons. The fraction of sp³-hybridized carbons (Fsp3) is 0.500. The van der Waals surface area contributed by atoms with E-state index in [9.17, 15) is 13.5 Å². The number of sulfonamides is 1. The number of hydrogen-bond donors (Lipinski definition) is 2. The van der Waals surface area contributed by atoms with E-state index in [4.69, 9.17) is 0 Å². The normalized spacial score (nSPS) is 24.3. The molecule has 18 heavy (non-hydrogen) atoms. The van der Waals surface area contributed by atoms with Crippen LogP contribution in [0.4, 0.5) is 0 Å². The average molecular weight is 287 g/mol. The highest BCUT2D eigenvalue weighted by atomic mass is 32.2. The van der Waals surface area contributed by atoms with Gasteiger partial charge in [0.25, 0.3) is 0 Å². The van der Waals surface area contributed by atoms with E-state index in [0.29, 0.717) is 5.25 Å². The van der Waals surface area contributed by atoms with Gasteiger partial charge in [0.1, 0.15) is 5.75 Å². The van der Waals surface area contributed by atoms with Gasteiger partial charge in [-0.3, -0.25) is 0 Å². The summed E-state index contributed by atoms with van der Waals surface area (Å²) in [5.41, 5.74) is 0. The topological polar surface area (TPSA) is 66.4 Å². The summed E-state index contributed by atoms with van der Waals surface area (Å²) in [6.07, 6.45) is 4.99. The molecule has 1 aromatic carbocycles. The minimum absolute atomic E-state index is 0.00708. The van der Waals surface area contributed by atoms with Gasteiger partial charge in [-0.25, -0.2) is 13.1 Å². The maximum Gasteiger partial charge on any atom is 0.240 e. The van der Waals surface area contributed by atoms with Gasteiger partial charge < -0.3 is 5.11 Å². The molecule has 0 aliphatic heterocycles. The zero-order valence-electron chi connectivity index (χ0n) is 10.2. The van der Waals surface area contributed by atoms with Gasteiger partial charge in [-0.15, -0.1) is 0 Å². The minimum Gasteiger partial charge on any atom is -0.508 e. The summed E-state index contributed by atoms with van der Waals surface area (Å²) in [7, 11) is -3.53. The first-order chi connectivity index (χ1) is 8.53. The van der Waals surface area contributed by atoms with Crippen LogP contribution in [-0.2, 0) is 10.0 Å². The van der Waals surface area contributed by atoms with Gasteiger partial charge >= 0.3 is 0 Å². The van der Waals surface area contributed by atoms with Crippen molar-refractivity contribution in [2.24, 2.45) is 0 Å². The van der Waals surface area contributed by atoms with Crippen molar-refractivity contribution in [1.29, 1.82) is 0 Å². The molecule has 0 amide bonds. The fourth-order valence-corrected chi connectivity index (χ4v) is 4.63. The van der Waals surface area contributed by atoms with E-state index < -0.39 is 10.0 Å². The number of phenols is 1. The molecule has 1 aliphatic rings. The Kier molecular flexibility index (Phi) is 4.19. The second-order valence-corrected chi connectivity index (χ2v) is 7.22. The highest BCUT2D eigenvalue weighted by Gasteiger charge is 2.30. The molecule has 1 fully saturated rings. The lowest BCUT2D eigenvalue weighted by atomic mass is 10.3. The molecule has 6 heteroatoms. The molecule has 1 aromatic rings. The molecule has 1 saturated carbocycles. The van der Waals surface area contributed by atoms with E-state index in [1.54, 1.807) is 11.8 Å². The van der Waals surface area contributed by atoms with Crippen molar-refractivity contribution in [1.82, 2.24) is 4.72 Å². The molecule has 4 nitrogen and oxygen atoms in total. The van der Waals surface area contributed by atoms with Crippen molar-refractivity contribution in [3.05, 3.63) is 24.3 Å². The van der Waals surface area contributed by atoms with Crippen molar-refractivity contribution in [2.45, 2.75) is 35.4 Å². The summed E-state index contributed by atoms with van der Waals surface area (Å²) in [5.74, 6) is -0.0364. The first-order valence-corrected chi connectivity index (χ1v) is 8.64. The Hall–Kier alpha value is -0.720. The Bertz CT molecular complexity index is 516. The van der Waals surface area contributed by atoms with E-state index in [2.05, 4.69) is 4.72 Å². The SMILES string of the molecule is CSC1CCCC1NS(=O)(=O)c1cccc(O)c1. The van der Waals surface area contributed by atoms with E-state index in [0.717, 1.165) is 19.3 Å². The fourth-order valence-electron chi connectivity index (χ4n) is 2.26. The standard InChI is InChI=1S/C12H17NO3S2/c1-17-12-7-3-6-11(12)13-18(15,16)10-5-2-4-9(14)8-10/h2,4-5,8,11-14H,3,6-7H2,1H3. The van der Waals surface area contributed by atoms with Crippen molar-refractivity contribution in [3.8, 4) is 5.75 Å². The molecule has 0 spiro atoms. The third kappa shape index (κ3) is 2.99. The number of nitrogens with one attached hydrogen (secondary N) is 1. The summed E-state index contributed by atoms with van der Waals surface area (Å²) in [6, 6.07) is 5.74. The Balaban J connectivity index is 2.17. The summed E-state index contributed by atoms with van der Waals surface area (Å²) in [5, 5.41) is 9.68. The van der Waals surface area contributed by atoms with Crippen molar-refractivity contribution >= 4 is 21.8 Å². The summed E-state index contributed by atoms with van der Waals surface area (Å²) < 4.78 is 27.1. The van der Waals surface area contributed by atoms with Gasteiger partial charge in [0, 0.05) is 11.3 Å². The zero-order valence-corrected chi connectivity index (χ0v) is 11.8. The first kappa shape index (κ1) is 13.7. The smallest absolute Gasteiger partial charge is 0.240 e. The highest BCUT2D eigenvalue weighted by molar-refractivity contribution is 7.99. The molecule has 2 N–H and O–H groups in total. The third-order valence-electron chi connectivity index (χ3n) is 3.19. The largest absolute Gasteiger partial charge is 0.508 e. The molecule has 0 saturated heterocycles. The van der Waals surface area contributed by atoms with Gasteiger partial charge in [0.15, 0.2) is 0 Å². The van der Waals surface area contributed by atoms with Crippen LogP contribution in [0.3, 0.4) is 0 Å². The van der Waals surface area contributed by atoms with Gasteiger partial charge in [-0.1, -0.05) is 12.5 Å². The highest BCUT2D eigenvalue weighted by Crippen LogP contribution is 2.29. The average Bonchev–Trinajstić information content (AvgIpc) is 2.75. The van der Waals surface area contributed by atoms with Crippen LogP contribution in [0.2, 0.25) is 0 Å². The van der Waals surface area contributed by atoms with Crippen molar-refractivity contribution in [2.75, 3.05) is 6.26 Å². The summed E-state index contributed by atoms with van der Waals surface area (Å²) >= 11 is 1.70. The Morgan fingerprint density at radius 2 is 2.17 bits per heavy atom. The lowest BCUT2D eigenvalue weighted by molar-refractivity contribution is 0.472. The molecule has 0 heterocycles. The molecule has 2 unspecified atom stereocenters. The predicted molar refractivity (Wildman–Crippen MR) is 73.4 cm³/mol. The molecule has 1 aliphatic carbocycles. The quantitative estimate of drug-likeness (QED) is 0.888. The number of aromatic hydroxyl groups is 1. The van der Waals surface area contributed by atoms with Gasteiger partial charge in [0.2, 0.25) is 10.0 Å². The second kappa shape index (κ2) is 5.50. The molecule has 0 bridgehead atoms. The van der Waals surface area contributed by atoms with Crippen LogP contribution in [0.25, 0.3) is 0 Å². The molecule has 0 radical (unpaired) electrons. The van der Waals surface area contributed by atoms with E-state index >= 15 is 0 Å². The number of hydrogen-bond acceptors (Lipinski definition) is 4. The molecular formula is C12H17NO3S2. The Morgan fingerprint density at radius 3 is 2.83 bits per heavy atom. The van der Waals surface area contributed by atoms with Gasteiger partial charge in [-0.05, 0) is 37.3 Å². The van der Waals surface area contributed by atoms with Crippen molar-refractivity contribution in [3.63, 3.8) is 0 Å². The Morgan fingerprint density at radius 1 is 1.39 bits per heavy atom. The Labute approximate surface area is 112 Å². The maximum absolute atomic E-state index is 12.2. The van der Waals surface area contributed by atoms with E-state index in [1.807, 2.05) is 6.26 Å². The van der Waals surface area contributed by atoms with Crippen LogP contribution in [-0.4, -0.2) is 31.1 Å². The number of thioether (sulfide) groups is 1. The monoisotopic (exact) mass is 287 g/mol. The summed E-state index contributed by atoms with van der Waals surface area (Å²) in [6.45, 7) is 0. The predicted octanol–water partition coefficient (Wildman–Crippen LogP) is 1.95. The number of phenolic OH excluding ortho intramolecular Hbond substituents is 1. The van der Waals surface area contributed by atoms with E-state index in [-0.39, 0.29) is 16.7 Å². The molecule has 2 atom stereocenters. The van der Waals surface area contributed by atoms with Crippen LogP contribution < -0.4 is 4.72 Å². The van der Waals surface area contributed by atoms with Gasteiger partial charge in [0.05, 0.1) is 4.90 Å². The van der Waals surface area contributed by atoms with E-state index in [1.165, 1.54) is 24.3 Å². The maximum atomic E-state index is 12.2. The van der Waals surface area contributed by atoms with Crippen LogP contribution in [0.15, 0.2) is 29.2 Å². The van der Waals surface area contributed by atoms with Gasteiger partial charge in [-0.2, -0.15) is 11.8 Å². The molecule has 0 aromatic heterocycles. The molecular weight excluding hydrogens is 270 g/mol. The minimum atomic E-state index is -3.53. The van der Waals surface area contributed by atoms with Crippen LogP contribution >= 0.6 is 11.8 Å². The zero-order chi connectivity index (χ0) is 13.2. The molecule has 2 rings (SSSR count). The van der Waals surface area contributed by atoms with Crippen molar-refractivity contribution < 1.29 is 13.5 Å². The van der Waals surface area contributed by atoms with Crippen LogP contribution in [0.5, 0.6) is 5.75 Å².